The van der Waals surface area contributed by atoms with E-state index in [4.69, 9.17) is 16.3 Å². The molecule has 0 saturated heterocycles. The van der Waals surface area contributed by atoms with Crippen molar-refractivity contribution in [1.29, 1.82) is 0 Å². The normalized spacial score (nSPS) is 12.4. The number of ether oxygens (including phenoxy) is 1. The molecular weight excluding hydrogens is 182 g/mol. The van der Waals surface area contributed by atoms with Crippen LogP contribution in [0, 0.1) is 12.3 Å². The quantitative estimate of drug-likeness (QED) is 0.604. The van der Waals surface area contributed by atoms with Gasteiger partial charge in [-0.25, -0.2) is 0 Å². The van der Waals surface area contributed by atoms with Crippen molar-refractivity contribution in [1.82, 2.24) is 4.90 Å². The maximum Gasteiger partial charge on any atom is 0.317 e. The monoisotopic (exact) mass is 199 g/mol. The smallest absolute Gasteiger partial charge is 0.317 e. The molecule has 0 aromatic rings. The summed E-state index contributed by atoms with van der Waals surface area (Å²) in [7, 11) is 0. The Morgan fingerprint density at radius 2 is 2.36 bits per heavy atom. The zero-order valence-corrected chi connectivity index (χ0v) is 8.69. The van der Waals surface area contributed by atoms with Gasteiger partial charge in [0.2, 0.25) is 0 Å². The summed E-state index contributed by atoms with van der Waals surface area (Å²) in [4.78, 5) is 12.2. The number of carboxylic acid groups (broad SMARTS) is 1. The number of carbonyl (C=O) groups is 1. The average Bonchev–Trinajstić information content (AvgIpc) is 2.13. The minimum absolute atomic E-state index is 0.0297. The van der Waals surface area contributed by atoms with Gasteiger partial charge in [-0.2, -0.15) is 0 Å². The Hall–Kier alpha value is -1.05. The van der Waals surface area contributed by atoms with Crippen LogP contribution in [0.4, 0.5) is 0 Å². The predicted molar refractivity (Wildman–Crippen MR) is 54.0 cm³/mol. The van der Waals surface area contributed by atoms with Gasteiger partial charge in [-0.3, -0.25) is 9.69 Å². The number of aliphatic carboxylic acids is 1. The van der Waals surface area contributed by atoms with Gasteiger partial charge in [0.15, 0.2) is 0 Å². The topological polar surface area (TPSA) is 49.8 Å². The van der Waals surface area contributed by atoms with E-state index in [0.717, 1.165) is 0 Å². The minimum atomic E-state index is -0.872. The fourth-order valence-electron chi connectivity index (χ4n) is 1.05. The summed E-state index contributed by atoms with van der Waals surface area (Å²) in [5.74, 6) is 1.57. The van der Waals surface area contributed by atoms with E-state index in [1.165, 1.54) is 0 Å². The molecule has 14 heavy (non-hydrogen) atoms. The summed E-state index contributed by atoms with van der Waals surface area (Å²) >= 11 is 0. The van der Waals surface area contributed by atoms with Crippen LogP contribution in [-0.4, -0.2) is 48.3 Å². The molecule has 0 saturated carbocycles. The summed E-state index contributed by atoms with van der Waals surface area (Å²) in [5.41, 5.74) is 0. The lowest BCUT2D eigenvalue weighted by molar-refractivity contribution is -0.138. The largest absolute Gasteiger partial charge is 0.480 e. The standard InChI is InChI=1S/C10H17NO3/c1-4-6-11(7-10(12)13)9(3)8-14-5-2/h1,9H,5-8H2,2-3H3,(H,12,13). The Kier molecular flexibility index (Phi) is 6.81. The molecule has 0 rings (SSSR count). The number of nitrogens with zero attached hydrogens (tertiary/aromatic N) is 1. The molecule has 0 radical (unpaired) electrons. The van der Waals surface area contributed by atoms with E-state index in [1.807, 2.05) is 13.8 Å². The number of hydrogen-bond acceptors (Lipinski definition) is 3. The van der Waals surface area contributed by atoms with Crippen LogP contribution in [0.15, 0.2) is 0 Å². The zero-order valence-electron chi connectivity index (χ0n) is 8.69. The summed E-state index contributed by atoms with van der Waals surface area (Å²) in [6.07, 6.45) is 5.15. The lowest BCUT2D eigenvalue weighted by atomic mass is 10.3. The molecule has 0 amide bonds. The van der Waals surface area contributed by atoms with Crippen LogP contribution >= 0.6 is 0 Å². The third-order valence-electron chi connectivity index (χ3n) is 1.82. The van der Waals surface area contributed by atoms with Gasteiger partial charge >= 0.3 is 5.97 Å². The molecule has 4 heteroatoms. The lowest BCUT2D eigenvalue weighted by Gasteiger charge is -2.24. The van der Waals surface area contributed by atoms with Crippen LogP contribution in [0.1, 0.15) is 13.8 Å². The van der Waals surface area contributed by atoms with E-state index in [9.17, 15) is 4.79 Å². The van der Waals surface area contributed by atoms with E-state index in [2.05, 4.69) is 5.92 Å². The molecule has 80 valence electrons. The van der Waals surface area contributed by atoms with E-state index >= 15 is 0 Å². The van der Waals surface area contributed by atoms with Crippen LogP contribution in [0.25, 0.3) is 0 Å². The summed E-state index contributed by atoms with van der Waals surface area (Å²) in [5, 5.41) is 8.63. The molecular formula is C10H17NO3. The zero-order chi connectivity index (χ0) is 11.0. The molecule has 0 fully saturated rings. The fraction of sp³-hybridized carbons (Fsp3) is 0.700. The SMILES string of the molecule is C#CCN(CC(=O)O)C(C)COCC. The molecule has 0 heterocycles. The van der Waals surface area contributed by atoms with Gasteiger partial charge in [-0.05, 0) is 13.8 Å². The Bertz CT molecular complexity index is 210. The molecule has 0 aromatic heterocycles. The lowest BCUT2D eigenvalue weighted by Crippen LogP contribution is -2.40. The van der Waals surface area contributed by atoms with Crippen LogP contribution in [0.3, 0.4) is 0 Å². The molecule has 1 N–H and O–H groups in total. The number of terminal acetylenes is 1. The van der Waals surface area contributed by atoms with Crippen molar-refractivity contribution >= 4 is 5.97 Å². The van der Waals surface area contributed by atoms with Crippen molar-refractivity contribution in [3.8, 4) is 12.3 Å². The summed E-state index contributed by atoms with van der Waals surface area (Å²) in [6, 6.07) is 0.0297. The second kappa shape index (κ2) is 7.36. The van der Waals surface area contributed by atoms with E-state index in [-0.39, 0.29) is 12.6 Å². The Balaban J connectivity index is 4.04. The fourth-order valence-corrected chi connectivity index (χ4v) is 1.05. The van der Waals surface area contributed by atoms with Crippen LogP contribution in [0.2, 0.25) is 0 Å². The highest BCUT2D eigenvalue weighted by atomic mass is 16.5. The van der Waals surface area contributed by atoms with Gasteiger partial charge in [0.25, 0.3) is 0 Å². The van der Waals surface area contributed by atoms with Crippen molar-refractivity contribution in [2.24, 2.45) is 0 Å². The first kappa shape index (κ1) is 12.9. The van der Waals surface area contributed by atoms with Crippen molar-refractivity contribution < 1.29 is 14.6 Å². The highest BCUT2D eigenvalue weighted by molar-refractivity contribution is 5.69. The Labute approximate surface area is 84.9 Å². The molecule has 0 aliphatic heterocycles. The second-order valence-corrected chi connectivity index (χ2v) is 3.01. The Morgan fingerprint density at radius 1 is 1.71 bits per heavy atom. The van der Waals surface area contributed by atoms with Gasteiger partial charge in [-0.15, -0.1) is 6.42 Å². The first-order valence-corrected chi connectivity index (χ1v) is 4.58. The van der Waals surface area contributed by atoms with Crippen molar-refractivity contribution in [3.63, 3.8) is 0 Å². The first-order chi connectivity index (χ1) is 6.61. The average molecular weight is 199 g/mol. The first-order valence-electron chi connectivity index (χ1n) is 4.58. The maximum atomic E-state index is 10.5. The molecule has 0 aliphatic carbocycles. The molecule has 0 aliphatic rings. The molecule has 0 aromatic carbocycles. The van der Waals surface area contributed by atoms with Gasteiger partial charge < -0.3 is 9.84 Å². The molecule has 1 unspecified atom stereocenters. The highest BCUT2D eigenvalue weighted by Crippen LogP contribution is 1.99. The van der Waals surface area contributed by atoms with Crippen molar-refractivity contribution in [2.45, 2.75) is 19.9 Å². The molecule has 4 nitrogen and oxygen atoms in total. The molecule has 1 atom stereocenters. The minimum Gasteiger partial charge on any atom is -0.480 e. The highest BCUT2D eigenvalue weighted by Gasteiger charge is 2.15. The molecule has 0 spiro atoms. The predicted octanol–water partition coefficient (Wildman–Crippen LogP) is 0.431. The van der Waals surface area contributed by atoms with Gasteiger partial charge in [-0.1, -0.05) is 5.92 Å². The van der Waals surface area contributed by atoms with Crippen molar-refractivity contribution in [3.05, 3.63) is 0 Å². The third-order valence-corrected chi connectivity index (χ3v) is 1.82. The van der Waals surface area contributed by atoms with Gasteiger partial charge in [0, 0.05) is 12.6 Å². The second-order valence-electron chi connectivity index (χ2n) is 3.01. The van der Waals surface area contributed by atoms with Gasteiger partial charge in [0.1, 0.15) is 0 Å². The summed E-state index contributed by atoms with van der Waals surface area (Å²) < 4.78 is 5.20. The molecule has 0 bridgehead atoms. The Morgan fingerprint density at radius 3 is 2.79 bits per heavy atom. The van der Waals surface area contributed by atoms with E-state index < -0.39 is 5.97 Å². The van der Waals surface area contributed by atoms with Gasteiger partial charge in [0.05, 0.1) is 19.7 Å². The number of rotatable bonds is 7. The van der Waals surface area contributed by atoms with Crippen LogP contribution in [-0.2, 0) is 9.53 Å². The maximum absolute atomic E-state index is 10.5. The van der Waals surface area contributed by atoms with E-state index in [0.29, 0.717) is 19.8 Å². The number of carboxylic acids is 1. The van der Waals surface area contributed by atoms with Crippen LogP contribution < -0.4 is 0 Å². The van der Waals surface area contributed by atoms with Crippen molar-refractivity contribution in [2.75, 3.05) is 26.3 Å². The summed E-state index contributed by atoms with van der Waals surface area (Å²) in [6.45, 7) is 5.22. The number of hydrogen-bond donors (Lipinski definition) is 1. The van der Waals surface area contributed by atoms with Crippen LogP contribution in [0.5, 0.6) is 0 Å². The third kappa shape index (κ3) is 5.57. The van der Waals surface area contributed by atoms with E-state index in [1.54, 1.807) is 4.90 Å².